The number of nitrogens with zero attached hydrogens (tertiary/aromatic N) is 1. The summed E-state index contributed by atoms with van der Waals surface area (Å²) in [5, 5.41) is 0. The summed E-state index contributed by atoms with van der Waals surface area (Å²) >= 11 is 1.03. The van der Waals surface area contributed by atoms with Crippen molar-refractivity contribution >= 4 is 31.6 Å². The molecule has 0 spiro atoms. The van der Waals surface area contributed by atoms with E-state index in [2.05, 4.69) is 4.72 Å². The third-order valence-electron chi connectivity index (χ3n) is 5.05. The van der Waals surface area contributed by atoms with Crippen LogP contribution < -0.4 is 19.1 Å². The van der Waals surface area contributed by atoms with Crippen molar-refractivity contribution in [2.24, 2.45) is 7.05 Å². The van der Waals surface area contributed by atoms with Crippen LogP contribution in [0.3, 0.4) is 0 Å². The highest BCUT2D eigenvalue weighted by Gasteiger charge is 2.36. The van der Waals surface area contributed by atoms with Gasteiger partial charge in [0.05, 0.1) is 28.3 Å². The number of hydrogen-bond acceptors (Lipinski definition) is 6. The van der Waals surface area contributed by atoms with Crippen LogP contribution in [0.2, 0.25) is 0 Å². The molecule has 0 unspecified atom stereocenters. The van der Waals surface area contributed by atoms with E-state index in [0.717, 1.165) is 16.9 Å². The first-order valence-corrected chi connectivity index (χ1v) is 11.4. The fraction of sp³-hybridized carbons (Fsp3) is 0.350. The lowest BCUT2D eigenvalue weighted by molar-refractivity contribution is 0.0700. The molecule has 0 amide bonds. The topological polar surface area (TPSA) is 86.6 Å². The molecule has 0 fully saturated rings. The SMILES string of the molecule is COc1ccc2c(c1)[C@@H](NS(=O)(=O)c1ccc3c(c1)sc(=O)n3C)CC(C)(C)O2. The van der Waals surface area contributed by atoms with Gasteiger partial charge in [-0.25, -0.2) is 13.1 Å². The molecule has 1 aromatic heterocycles. The third-order valence-corrected chi connectivity index (χ3v) is 7.51. The number of aryl methyl sites for hydroxylation is 1. The number of aromatic nitrogens is 1. The van der Waals surface area contributed by atoms with Crippen molar-refractivity contribution in [2.75, 3.05) is 7.11 Å². The molecule has 0 radical (unpaired) electrons. The molecule has 0 aliphatic carbocycles. The monoisotopic (exact) mass is 434 g/mol. The van der Waals surface area contributed by atoms with Crippen molar-refractivity contribution in [3.8, 4) is 11.5 Å². The number of ether oxygens (including phenoxy) is 2. The largest absolute Gasteiger partial charge is 0.497 e. The van der Waals surface area contributed by atoms with Crippen molar-refractivity contribution in [3.63, 3.8) is 0 Å². The van der Waals surface area contributed by atoms with Gasteiger partial charge in [0, 0.05) is 19.0 Å². The van der Waals surface area contributed by atoms with Crippen LogP contribution in [0.15, 0.2) is 46.1 Å². The molecule has 7 nitrogen and oxygen atoms in total. The number of fused-ring (bicyclic) bond motifs is 2. The van der Waals surface area contributed by atoms with Gasteiger partial charge in [0.2, 0.25) is 10.0 Å². The van der Waals surface area contributed by atoms with E-state index in [1.165, 1.54) is 10.6 Å². The van der Waals surface area contributed by atoms with Gasteiger partial charge in [-0.05, 0) is 50.2 Å². The van der Waals surface area contributed by atoms with E-state index < -0.39 is 21.7 Å². The summed E-state index contributed by atoms with van der Waals surface area (Å²) in [5.74, 6) is 1.26. The summed E-state index contributed by atoms with van der Waals surface area (Å²) < 4.78 is 42.6. The Morgan fingerprint density at radius 1 is 1.24 bits per heavy atom. The Kier molecular flexibility index (Phi) is 4.71. The zero-order valence-corrected chi connectivity index (χ0v) is 18.2. The standard InChI is InChI=1S/C20H22N2O5S2/c1-20(2)11-15(14-9-12(26-4)5-8-17(14)27-20)21-29(24,25)13-6-7-16-18(10-13)28-19(23)22(16)3/h5-10,15,21H,11H2,1-4H3/t15-/m0/s1. The zero-order valence-electron chi connectivity index (χ0n) is 16.6. The van der Waals surface area contributed by atoms with Crippen molar-refractivity contribution < 1.29 is 17.9 Å². The van der Waals surface area contributed by atoms with Gasteiger partial charge in [-0.2, -0.15) is 0 Å². The summed E-state index contributed by atoms with van der Waals surface area (Å²) in [6.07, 6.45) is 0.466. The number of thiazole rings is 1. The number of benzene rings is 2. The summed E-state index contributed by atoms with van der Waals surface area (Å²) in [6.45, 7) is 3.85. The first kappa shape index (κ1) is 19.9. The number of nitrogens with one attached hydrogen (secondary N) is 1. The van der Waals surface area contributed by atoms with Crippen LogP contribution >= 0.6 is 11.3 Å². The van der Waals surface area contributed by atoms with E-state index in [4.69, 9.17) is 9.47 Å². The molecule has 1 aliphatic rings. The molecular formula is C20H22N2O5S2. The second-order valence-corrected chi connectivity index (χ2v) is 10.4. The molecule has 9 heteroatoms. The van der Waals surface area contributed by atoms with Gasteiger partial charge in [0.1, 0.15) is 17.1 Å². The van der Waals surface area contributed by atoms with Crippen molar-refractivity contribution in [2.45, 2.75) is 36.8 Å². The van der Waals surface area contributed by atoms with E-state index >= 15 is 0 Å². The first-order chi connectivity index (χ1) is 13.6. The first-order valence-electron chi connectivity index (χ1n) is 9.08. The van der Waals surface area contributed by atoms with E-state index in [1.54, 1.807) is 44.5 Å². The summed E-state index contributed by atoms with van der Waals surface area (Å²) in [7, 11) is -0.585. The van der Waals surface area contributed by atoms with Gasteiger partial charge in [0.25, 0.3) is 0 Å². The number of hydrogen-bond donors (Lipinski definition) is 1. The molecule has 2 aromatic carbocycles. The van der Waals surface area contributed by atoms with Crippen LogP contribution in [0.1, 0.15) is 31.9 Å². The minimum atomic E-state index is -3.82. The van der Waals surface area contributed by atoms with Gasteiger partial charge in [-0.1, -0.05) is 11.3 Å². The Hall–Kier alpha value is -2.36. The lowest BCUT2D eigenvalue weighted by Gasteiger charge is -2.37. The minimum absolute atomic E-state index is 0.126. The molecule has 3 aromatic rings. The molecule has 1 aliphatic heterocycles. The van der Waals surface area contributed by atoms with Gasteiger partial charge in [-0.15, -0.1) is 0 Å². The maximum absolute atomic E-state index is 13.1. The summed E-state index contributed by atoms with van der Waals surface area (Å²) in [5.41, 5.74) is 0.913. The molecule has 0 saturated heterocycles. The highest BCUT2D eigenvalue weighted by molar-refractivity contribution is 7.89. The molecule has 4 rings (SSSR count). The Morgan fingerprint density at radius 2 is 2.00 bits per heavy atom. The predicted octanol–water partition coefficient (Wildman–Crippen LogP) is 3.19. The maximum Gasteiger partial charge on any atom is 0.307 e. The molecule has 2 heterocycles. The van der Waals surface area contributed by atoms with E-state index in [9.17, 15) is 13.2 Å². The van der Waals surface area contributed by atoms with Gasteiger partial charge in [0.15, 0.2) is 0 Å². The maximum atomic E-state index is 13.1. The number of methoxy groups -OCH3 is 1. The lowest BCUT2D eigenvalue weighted by atomic mass is 9.90. The highest BCUT2D eigenvalue weighted by Crippen LogP contribution is 2.41. The van der Waals surface area contributed by atoms with Gasteiger partial charge in [-0.3, -0.25) is 4.79 Å². The average molecular weight is 435 g/mol. The summed E-state index contributed by atoms with van der Waals surface area (Å²) in [6, 6.07) is 9.63. The fourth-order valence-electron chi connectivity index (χ4n) is 3.60. The number of rotatable bonds is 4. The second kappa shape index (κ2) is 6.86. The Labute approximate surface area is 172 Å². The Balaban J connectivity index is 1.73. The van der Waals surface area contributed by atoms with Crippen LogP contribution in [0.25, 0.3) is 10.2 Å². The minimum Gasteiger partial charge on any atom is -0.497 e. The predicted molar refractivity (Wildman–Crippen MR) is 112 cm³/mol. The smallest absolute Gasteiger partial charge is 0.307 e. The van der Waals surface area contributed by atoms with Crippen molar-refractivity contribution in [1.82, 2.24) is 9.29 Å². The Bertz CT molecular complexity index is 1260. The third kappa shape index (κ3) is 3.65. The molecular weight excluding hydrogens is 412 g/mol. The van der Waals surface area contributed by atoms with Crippen LogP contribution in [-0.4, -0.2) is 25.7 Å². The molecule has 1 atom stereocenters. The highest BCUT2D eigenvalue weighted by atomic mass is 32.2. The van der Waals surface area contributed by atoms with Crippen molar-refractivity contribution in [3.05, 3.63) is 51.6 Å². The van der Waals surface area contributed by atoms with Crippen molar-refractivity contribution in [1.29, 1.82) is 0 Å². The fourth-order valence-corrected chi connectivity index (χ4v) is 5.84. The molecule has 29 heavy (non-hydrogen) atoms. The average Bonchev–Trinajstić information content (AvgIpc) is 2.94. The Morgan fingerprint density at radius 3 is 2.72 bits per heavy atom. The molecule has 1 N–H and O–H groups in total. The van der Waals surface area contributed by atoms with Crippen LogP contribution in [0.4, 0.5) is 0 Å². The van der Waals surface area contributed by atoms with E-state index in [-0.39, 0.29) is 9.77 Å². The molecule has 154 valence electrons. The van der Waals surface area contributed by atoms with Gasteiger partial charge < -0.3 is 14.0 Å². The van der Waals surface area contributed by atoms with Crippen LogP contribution in [0, 0.1) is 0 Å². The van der Waals surface area contributed by atoms with E-state index in [1.807, 2.05) is 13.8 Å². The van der Waals surface area contributed by atoms with Crippen LogP contribution in [0.5, 0.6) is 11.5 Å². The van der Waals surface area contributed by atoms with Gasteiger partial charge >= 0.3 is 4.87 Å². The number of sulfonamides is 1. The molecule has 0 bridgehead atoms. The quantitative estimate of drug-likeness (QED) is 0.682. The zero-order chi connectivity index (χ0) is 21.0. The second-order valence-electron chi connectivity index (χ2n) is 7.70. The molecule has 0 saturated carbocycles. The van der Waals surface area contributed by atoms with Crippen LogP contribution in [-0.2, 0) is 17.1 Å². The normalized spacial score (nSPS) is 18.3. The lowest BCUT2D eigenvalue weighted by Crippen LogP contribution is -2.41. The van der Waals surface area contributed by atoms with E-state index in [0.29, 0.717) is 28.1 Å². The summed E-state index contributed by atoms with van der Waals surface area (Å²) in [4.78, 5) is 11.9.